The summed E-state index contributed by atoms with van der Waals surface area (Å²) in [5.41, 5.74) is 1.14. The third kappa shape index (κ3) is 3.32. The van der Waals surface area contributed by atoms with Crippen molar-refractivity contribution in [1.29, 1.82) is 0 Å². The van der Waals surface area contributed by atoms with Crippen molar-refractivity contribution >= 4 is 23.2 Å². The van der Waals surface area contributed by atoms with Crippen LogP contribution in [0.5, 0.6) is 0 Å². The van der Waals surface area contributed by atoms with E-state index >= 15 is 0 Å². The molecule has 1 aromatic heterocycles. The van der Waals surface area contributed by atoms with Crippen LogP contribution in [-0.4, -0.2) is 52.8 Å². The molecule has 0 unspecified atom stereocenters. The standard InChI is InChI=1S/C16H23N3O2S/c1-2-13-11-22-16(17-13)12-5-3-7-18(9-12)15(21)10-19-8-4-6-14(19)20/h11-12H,2-10H2,1H3/t12-/m1/s1. The van der Waals surface area contributed by atoms with Crippen molar-refractivity contribution in [2.45, 2.75) is 44.9 Å². The molecule has 6 heteroatoms. The lowest BCUT2D eigenvalue weighted by Crippen LogP contribution is -2.44. The van der Waals surface area contributed by atoms with Crippen LogP contribution < -0.4 is 0 Å². The van der Waals surface area contributed by atoms with Gasteiger partial charge in [0.2, 0.25) is 11.8 Å². The van der Waals surface area contributed by atoms with Crippen LogP contribution in [0.25, 0.3) is 0 Å². The van der Waals surface area contributed by atoms with Crippen molar-refractivity contribution in [1.82, 2.24) is 14.8 Å². The molecule has 3 rings (SSSR count). The van der Waals surface area contributed by atoms with Crippen molar-refractivity contribution in [3.63, 3.8) is 0 Å². The zero-order chi connectivity index (χ0) is 15.5. The molecule has 2 aliphatic rings. The first-order valence-electron chi connectivity index (χ1n) is 8.17. The van der Waals surface area contributed by atoms with Crippen LogP contribution in [0.1, 0.15) is 49.2 Å². The summed E-state index contributed by atoms with van der Waals surface area (Å²) < 4.78 is 0. The Morgan fingerprint density at radius 3 is 2.95 bits per heavy atom. The number of nitrogens with zero attached hydrogens (tertiary/aromatic N) is 3. The van der Waals surface area contributed by atoms with E-state index in [1.165, 1.54) is 0 Å². The summed E-state index contributed by atoms with van der Waals surface area (Å²) in [6, 6.07) is 0. The zero-order valence-corrected chi connectivity index (χ0v) is 13.9. The van der Waals surface area contributed by atoms with Gasteiger partial charge in [-0.25, -0.2) is 4.98 Å². The summed E-state index contributed by atoms with van der Waals surface area (Å²) in [5, 5.41) is 3.28. The lowest BCUT2D eigenvalue weighted by Gasteiger charge is -2.33. The van der Waals surface area contributed by atoms with E-state index in [0.29, 0.717) is 12.3 Å². The van der Waals surface area contributed by atoms with Crippen LogP contribution in [0.3, 0.4) is 0 Å². The number of piperidine rings is 1. The van der Waals surface area contributed by atoms with Crippen molar-refractivity contribution in [3.05, 3.63) is 16.1 Å². The quantitative estimate of drug-likeness (QED) is 0.853. The van der Waals surface area contributed by atoms with Crippen molar-refractivity contribution in [2.75, 3.05) is 26.2 Å². The predicted octanol–water partition coefficient (Wildman–Crippen LogP) is 2.03. The summed E-state index contributed by atoms with van der Waals surface area (Å²) in [6.45, 7) is 4.65. The molecule has 3 heterocycles. The Balaban J connectivity index is 1.60. The summed E-state index contributed by atoms with van der Waals surface area (Å²) >= 11 is 1.71. The number of aromatic nitrogens is 1. The van der Waals surface area contributed by atoms with E-state index in [1.54, 1.807) is 16.2 Å². The van der Waals surface area contributed by atoms with Crippen LogP contribution in [0.15, 0.2) is 5.38 Å². The maximum atomic E-state index is 12.5. The number of hydrogen-bond acceptors (Lipinski definition) is 4. The Morgan fingerprint density at radius 2 is 2.27 bits per heavy atom. The fraction of sp³-hybridized carbons (Fsp3) is 0.688. The van der Waals surface area contributed by atoms with Gasteiger partial charge in [0.25, 0.3) is 0 Å². The Labute approximate surface area is 135 Å². The molecule has 0 aromatic carbocycles. The average Bonchev–Trinajstić information content (AvgIpc) is 3.17. The molecule has 1 atom stereocenters. The number of aryl methyl sites for hydroxylation is 1. The van der Waals surface area contributed by atoms with Gasteiger partial charge in [-0.2, -0.15) is 0 Å². The molecule has 0 saturated carbocycles. The number of rotatable bonds is 4. The monoisotopic (exact) mass is 321 g/mol. The molecule has 2 saturated heterocycles. The highest BCUT2D eigenvalue weighted by Gasteiger charge is 2.29. The van der Waals surface area contributed by atoms with Gasteiger partial charge >= 0.3 is 0 Å². The molecule has 2 fully saturated rings. The van der Waals surface area contributed by atoms with Crippen LogP contribution in [0.4, 0.5) is 0 Å². The SMILES string of the molecule is CCc1csc([C@@H]2CCCN(C(=O)CN3CCCC3=O)C2)n1. The van der Waals surface area contributed by atoms with Gasteiger partial charge in [-0.05, 0) is 25.7 Å². The molecule has 0 N–H and O–H groups in total. The Kier molecular flexibility index (Phi) is 4.76. The van der Waals surface area contributed by atoms with Gasteiger partial charge < -0.3 is 9.80 Å². The number of hydrogen-bond donors (Lipinski definition) is 0. The molecular formula is C16H23N3O2S. The van der Waals surface area contributed by atoms with Crippen LogP contribution in [0.2, 0.25) is 0 Å². The van der Waals surface area contributed by atoms with E-state index in [0.717, 1.165) is 56.0 Å². The molecule has 1 aromatic rings. The third-order valence-corrected chi connectivity index (χ3v) is 5.61. The molecule has 2 aliphatic heterocycles. The number of likely N-dealkylation sites (tertiary alicyclic amines) is 2. The van der Waals surface area contributed by atoms with E-state index in [-0.39, 0.29) is 18.4 Å². The van der Waals surface area contributed by atoms with Crippen LogP contribution in [0, 0.1) is 0 Å². The Bertz CT molecular complexity index is 557. The van der Waals surface area contributed by atoms with Gasteiger partial charge in [0.15, 0.2) is 0 Å². The largest absolute Gasteiger partial charge is 0.340 e. The summed E-state index contributed by atoms with van der Waals surface area (Å²) in [5.74, 6) is 0.568. The maximum absolute atomic E-state index is 12.5. The molecule has 0 aliphatic carbocycles. The van der Waals surface area contributed by atoms with E-state index in [9.17, 15) is 9.59 Å². The molecule has 0 bridgehead atoms. The van der Waals surface area contributed by atoms with Crippen molar-refractivity contribution in [3.8, 4) is 0 Å². The predicted molar refractivity (Wildman–Crippen MR) is 85.9 cm³/mol. The van der Waals surface area contributed by atoms with Gasteiger partial charge in [-0.3, -0.25) is 9.59 Å². The number of thiazole rings is 1. The van der Waals surface area contributed by atoms with E-state index < -0.39 is 0 Å². The highest BCUT2D eigenvalue weighted by molar-refractivity contribution is 7.09. The van der Waals surface area contributed by atoms with E-state index in [2.05, 4.69) is 17.3 Å². The minimum atomic E-state index is 0.0900. The van der Waals surface area contributed by atoms with Crippen LogP contribution in [-0.2, 0) is 16.0 Å². The fourth-order valence-electron chi connectivity index (χ4n) is 3.21. The van der Waals surface area contributed by atoms with Crippen LogP contribution >= 0.6 is 11.3 Å². The second kappa shape index (κ2) is 6.77. The lowest BCUT2D eigenvalue weighted by atomic mass is 9.98. The Hall–Kier alpha value is -1.43. The number of carbonyl (C=O) groups excluding carboxylic acids is 2. The minimum absolute atomic E-state index is 0.0900. The van der Waals surface area contributed by atoms with Gasteiger partial charge in [0.05, 0.1) is 17.2 Å². The highest BCUT2D eigenvalue weighted by Crippen LogP contribution is 2.29. The molecule has 22 heavy (non-hydrogen) atoms. The summed E-state index contributed by atoms with van der Waals surface area (Å²) in [6.07, 6.45) is 4.56. The van der Waals surface area contributed by atoms with Gasteiger partial charge in [0, 0.05) is 37.4 Å². The Morgan fingerprint density at radius 1 is 1.41 bits per heavy atom. The van der Waals surface area contributed by atoms with E-state index in [1.807, 2.05) is 4.90 Å². The van der Waals surface area contributed by atoms with E-state index in [4.69, 9.17) is 0 Å². The number of carbonyl (C=O) groups is 2. The molecule has 2 amide bonds. The molecule has 120 valence electrons. The normalized spacial score (nSPS) is 22.4. The second-order valence-electron chi connectivity index (χ2n) is 6.13. The first-order chi connectivity index (χ1) is 10.7. The first-order valence-corrected chi connectivity index (χ1v) is 9.05. The summed E-state index contributed by atoms with van der Waals surface area (Å²) in [4.78, 5) is 32.4. The topological polar surface area (TPSA) is 53.5 Å². The molecule has 0 spiro atoms. The average molecular weight is 321 g/mol. The van der Waals surface area contributed by atoms with Gasteiger partial charge in [-0.15, -0.1) is 11.3 Å². The fourth-order valence-corrected chi connectivity index (χ4v) is 4.24. The first kappa shape index (κ1) is 15.5. The van der Waals surface area contributed by atoms with Crippen molar-refractivity contribution < 1.29 is 9.59 Å². The third-order valence-electron chi connectivity index (χ3n) is 4.55. The smallest absolute Gasteiger partial charge is 0.242 e. The minimum Gasteiger partial charge on any atom is -0.340 e. The van der Waals surface area contributed by atoms with Gasteiger partial charge in [0.1, 0.15) is 0 Å². The highest BCUT2D eigenvalue weighted by atomic mass is 32.1. The lowest BCUT2D eigenvalue weighted by molar-refractivity contribution is -0.139. The number of amides is 2. The second-order valence-corrected chi connectivity index (χ2v) is 7.02. The summed E-state index contributed by atoms with van der Waals surface area (Å²) in [7, 11) is 0. The molecule has 0 radical (unpaired) electrons. The van der Waals surface area contributed by atoms with Crippen molar-refractivity contribution in [2.24, 2.45) is 0 Å². The maximum Gasteiger partial charge on any atom is 0.242 e. The zero-order valence-electron chi connectivity index (χ0n) is 13.1. The van der Waals surface area contributed by atoms with Gasteiger partial charge in [-0.1, -0.05) is 6.92 Å². The molecule has 5 nitrogen and oxygen atoms in total. The molecular weight excluding hydrogens is 298 g/mol.